The van der Waals surface area contributed by atoms with Gasteiger partial charge in [-0.1, -0.05) is 57.9 Å². The second-order valence-electron chi connectivity index (χ2n) is 6.99. The maximum absolute atomic E-state index is 6.49. The highest BCUT2D eigenvalue weighted by atomic mass is 15.2. The van der Waals surface area contributed by atoms with E-state index in [2.05, 4.69) is 49.9 Å². The summed E-state index contributed by atoms with van der Waals surface area (Å²) in [5, 5.41) is 0. The van der Waals surface area contributed by atoms with Gasteiger partial charge in [0.2, 0.25) is 0 Å². The minimum atomic E-state index is 0.134. The number of aryl methyl sites for hydroxylation is 1. The smallest absolute Gasteiger partial charge is 0.0424 e. The summed E-state index contributed by atoms with van der Waals surface area (Å²) in [6.45, 7) is 8.98. The third-order valence-electron chi connectivity index (χ3n) is 4.69. The topological polar surface area (TPSA) is 29.3 Å². The van der Waals surface area contributed by atoms with Gasteiger partial charge in [-0.3, -0.25) is 4.90 Å². The average molecular weight is 288 g/mol. The predicted octanol–water partition coefficient (Wildman–Crippen LogP) is 4.15. The summed E-state index contributed by atoms with van der Waals surface area (Å²) in [6, 6.07) is 9.76. The third kappa shape index (κ3) is 4.82. The minimum absolute atomic E-state index is 0.134. The zero-order chi connectivity index (χ0) is 15.2. The van der Waals surface area contributed by atoms with Crippen LogP contribution in [0.25, 0.3) is 0 Å². The molecule has 2 heteroatoms. The van der Waals surface area contributed by atoms with Crippen LogP contribution in [-0.4, -0.2) is 24.0 Å². The number of hydrogen-bond donors (Lipinski definition) is 1. The Hall–Kier alpha value is -0.860. The van der Waals surface area contributed by atoms with Gasteiger partial charge >= 0.3 is 0 Å². The molecule has 2 N–H and O–H groups in total. The molecule has 1 aliphatic rings. The van der Waals surface area contributed by atoms with Gasteiger partial charge in [0.25, 0.3) is 0 Å². The highest BCUT2D eigenvalue weighted by Gasteiger charge is 2.24. The summed E-state index contributed by atoms with van der Waals surface area (Å²) < 4.78 is 0. The monoisotopic (exact) mass is 288 g/mol. The van der Waals surface area contributed by atoms with E-state index in [1.807, 2.05) is 0 Å². The van der Waals surface area contributed by atoms with Crippen molar-refractivity contribution in [2.24, 2.45) is 11.7 Å². The molecule has 1 aliphatic carbocycles. The summed E-state index contributed by atoms with van der Waals surface area (Å²) >= 11 is 0. The zero-order valence-corrected chi connectivity index (χ0v) is 14.0. The number of nitrogens with two attached hydrogens (primary N) is 1. The number of hydrogen-bond acceptors (Lipinski definition) is 2. The first kappa shape index (κ1) is 16.5. The van der Waals surface area contributed by atoms with Crippen molar-refractivity contribution in [2.75, 3.05) is 13.1 Å². The fraction of sp³-hybridized carbons (Fsp3) is 0.684. The van der Waals surface area contributed by atoms with Crippen molar-refractivity contribution < 1.29 is 0 Å². The van der Waals surface area contributed by atoms with Crippen molar-refractivity contribution in [1.82, 2.24) is 4.90 Å². The summed E-state index contributed by atoms with van der Waals surface area (Å²) in [6.07, 6.45) is 6.58. The zero-order valence-electron chi connectivity index (χ0n) is 14.0. The number of nitrogens with zero attached hydrogens (tertiary/aromatic N) is 1. The van der Waals surface area contributed by atoms with Crippen molar-refractivity contribution in [3.05, 3.63) is 35.4 Å². The van der Waals surface area contributed by atoms with Gasteiger partial charge in [-0.05, 0) is 36.3 Å². The predicted molar refractivity (Wildman–Crippen MR) is 91.4 cm³/mol. The molecule has 1 saturated carbocycles. The second-order valence-corrected chi connectivity index (χ2v) is 6.99. The summed E-state index contributed by atoms with van der Waals surface area (Å²) in [4.78, 5) is 2.65. The Morgan fingerprint density at radius 3 is 2.24 bits per heavy atom. The molecule has 0 saturated heterocycles. The van der Waals surface area contributed by atoms with Crippen LogP contribution < -0.4 is 5.73 Å². The van der Waals surface area contributed by atoms with Gasteiger partial charge in [0.1, 0.15) is 0 Å². The lowest BCUT2D eigenvalue weighted by molar-refractivity contribution is 0.167. The highest BCUT2D eigenvalue weighted by molar-refractivity contribution is 5.25. The maximum atomic E-state index is 6.49. The van der Waals surface area contributed by atoms with E-state index < -0.39 is 0 Å². The van der Waals surface area contributed by atoms with Crippen LogP contribution in [0.3, 0.4) is 0 Å². The van der Waals surface area contributed by atoms with Crippen LogP contribution in [0.15, 0.2) is 24.3 Å². The molecule has 0 heterocycles. The maximum Gasteiger partial charge on any atom is 0.0424 e. The van der Waals surface area contributed by atoms with Crippen LogP contribution in [0.5, 0.6) is 0 Å². The molecule has 1 atom stereocenters. The molecule has 0 bridgehead atoms. The summed E-state index contributed by atoms with van der Waals surface area (Å²) in [5.74, 6) is 0.709. The first-order valence-corrected chi connectivity index (χ1v) is 8.68. The molecule has 0 amide bonds. The third-order valence-corrected chi connectivity index (χ3v) is 4.69. The molecule has 0 aliphatic heterocycles. The van der Waals surface area contributed by atoms with Crippen molar-refractivity contribution in [3.8, 4) is 0 Å². The molecule has 0 spiro atoms. The van der Waals surface area contributed by atoms with Gasteiger partial charge in [-0.2, -0.15) is 0 Å². The number of rotatable bonds is 7. The first-order chi connectivity index (χ1) is 10.1. The van der Waals surface area contributed by atoms with E-state index in [0.717, 1.165) is 19.0 Å². The summed E-state index contributed by atoms with van der Waals surface area (Å²) in [7, 11) is 0. The molecule has 118 valence electrons. The van der Waals surface area contributed by atoms with Gasteiger partial charge in [0, 0.05) is 25.2 Å². The fourth-order valence-electron chi connectivity index (χ4n) is 3.47. The first-order valence-electron chi connectivity index (χ1n) is 8.68. The van der Waals surface area contributed by atoms with E-state index in [1.165, 1.54) is 43.4 Å². The molecule has 0 radical (unpaired) electrons. The van der Waals surface area contributed by atoms with Crippen molar-refractivity contribution in [2.45, 2.75) is 65.0 Å². The van der Waals surface area contributed by atoms with Crippen LogP contribution >= 0.6 is 0 Å². The van der Waals surface area contributed by atoms with Crippen molar-refractivity contribution in [3.63, 3.8) is 0 Å². The van der Waals surface area contributed by atoms with Crippen LogP contribution in [0, 0.1) is 5.92 Å². The average Bonchev–Trinajstić information content (AvgIpc) is 3.00. The normalized spacial score (nSPS) is 17.8. The number of benzene rings is 1. The van der Waals surface area contributed by atoms with Gasteiger partial charge < -0.3 is 5.73 Å². The second kappa shape index (κ2) is 7.95. The van der Waals surface area contributed by atoms with E-state index in [-0.39, 0.29) is 6.04 Å². The lowest BCUT2D eigenvalue weighted by atomic mass is 10.0. The Morgan fingerprint density at radius 1 is 1.10 bits per heavy atom. The quantitative estimate of drug-likeness (QED) is 0.816. The van der Waals surface area contributed by atoms with E-state index in [4.69, 9.17) is 5.73 Å². The van der Waals surface area contributed by atoms with Gasteiger partial charge in [-0.25, -0.2) is 0 Å². The Bertz CT molecular complexity index is 404. The Labute approximate surface area is 130 Å². The van der Waals surface area contributed by atoms with Crippen LogP contribution in [0.2, 0.25) is 0 Å². The summed E-state index contributed by atoms with van der Waals surface area (Å²) in [5.41, 5.74) is 9.16. The molecule has 2 nitrogen and oxygen atoms in total. The van der Waals surface area contributed by atoms with E-state index in [1.54, 1.807) is 0 Å². The molecule has 1 aromatic rings. The van der Waals surface area contributed by atoms with E-state index in [9.17, 15) is 0 Å². The Morgan fingerprint density at radius 2 is 1.71 bits per heavy atom. The Balaban J connectivity index is 1.99. The van der Waals surface area contributed by atoms with Crippen molar-refractivity contribution in [1.29, 1.82) is 0 Å². The van der Waals surface area contributed by atoms with Crippen LogP contribution in [-0.2, 0) is 6.42 Å². The molecule has 0 aromatic heterocycles. The SMILES string of the molecule is CCc1ccc(C(N)CN(CC(C)C)C2CCCC2)cc1. The lowest BCUT2D eigenvalue weighted by Crippen LogP contribution is -2.41. The van der Waals surface area contributed by atoms with Gasteiger partial charge in [-0.15, -0.1) is 0 Å². The minimum Gasteiger partial charge on any atom is -0.323 e. The molecule has 1 aromatic carbocycles. The molecule has 2 rings (SSSR count). The van der Waals surface area contributed by atoms with Crippen LogP contribution in [0.4, 0.5) is 0 Å². The largest absolute Gasteiger partial charge is 0.323 e. The molecular weight excluding hydrogens is 256 g/mol. The van der Waals surface area contributed by atoms with Gasteiger partial charge in [0.15, 0.2) is 0 Å². The van der Waals surface area contributed by atoms with Crippen LogP contribution in [0.1, 0.15) is 63.6 Å². The Kier molecular flexibility index (Phi) is 6.25. The highest BCUT2D eigenvalue weighted by Crippen LogP contribution is 2.26. The molecule has 1 fully saturated rings. The van der Waals surface area contributed by atoms with Crippen molar-refractivity contribution >= 4 is 0 Å². The van der Waals surface area contributed by atoms with E-state index >= 15 is 0 Å². The lowest BCUT2D eigenvalue weighted by Gasteiger charge is -2.32. The molecule has 1 unspecified atom stereocenters. The van der Waals surface area contributed by atoms with E-state index in [0.29, 0.717) is 5.92 Å². The molecule has 21 heavy (non-hydrogen) atoms. The van der Waals surface area contributed by atoms with Gasteiger partial charge in [0.05, 0.1) is 0 Å². The molecular formula is C19H32N2. The standard InChI is InChI=1S/C19H32N2/c1-4-16-9-11-17(12-10-16)19(20)14-21(13-15(2)3)18-7-5-6-8-18/h9-12,15,18-19H,4-8,13-14,20H2,1-3H3. The fourth-order valence-corrected chi connectivity index (χ4v) is 3.47.